The molecule has 0 saturated heterocycles. The predicted molar refractivity (Wildman–Crippen MR) is 139 cm³/mol. The summed E-state index contributed by atoms with van der Waals surface area (Å²) in [4.78, 5) is 11.2. The lowest BCUT2D eigenvalue weighted by molar-refractivity contribution is 0.112. The number of carbonyl (C=O) groups is 1. The third kappa shape index (κ3) is 2.60. The lowest BCUT2D eigenvalue weighted by atomic mass is 9.88. The van der Waals surface area contributed by atoms with Gasteiger partial charge in [0.1, 0.15) is 6.29 Å². The molecule has 1 aliphatic carbocycles. The Hall–Kier alpha value is -4.43. The highest BCUT2D eigenvalue weighted by atomic mass is 16.1. The van der Waals surface area contributed by atoms with Crippen LogP contribution in [0.3, 0.4) is 0 Å². The van der Waals surface area contributed by atoms with E-state index < -0.39 is 0 Å². The largest absolute Gasteiger partial charge is 0.309 e. The van der Waals surface area contributed by atoms with Crippen LogP contribution in [0.4, 0.5) is 0 Å². The Morgan fingerprint density at radius 1 is 0.618 bits per heavy atom. The second-order valence-electron chi connectivity index (χ2n) is 8.92. The van der Waals surface area contributed by atoms with Crippen molar-refractivity contribution in [3.8, 4) is 16.8 Å². The van der Waals surface area contributed by atoms with Crippen molar-refractivity contribution in [2.45, 2.75) is 5.92 Å². The van der Waals surface area contributed by atoms with E-state index in [9.17, 15) is 4.79 Å². The molecule has 1 atom stereocenters. The first-order chi connectivity index (χ1) is 16.8. The van der Waals surface area contributed by atoms with Crippen LogP contribution in [-0.2, 0) is 0 Å². The molecule has 1 aromatic heterocycles. The topological polar surface area (TPSA) is 22.0 Å². The summed E-state index contributed by atoms with van der Waals surface area (Å²) in [6, 6.07) is 40.7. The number of aromatic nitrogens is 1. The molecule has 0 unspecified atom stereocenters. The van der Waals surface area contributed by atoms with Gasteiger partial charge in [-0.2, -0.15) is 0 Å². The normalized spacial score (nSPS) is 14.3. The molecule has 2 heteroatoms. The van der Waals surface area contributed by atoms with E-state index in [0.717, 1.165) is 6.29 Å². The number of fused-ring (bicyclic) bond motifs is 7. The maximum Gasteiger partial charge on any atom is 0.150 e. The van der Waals surface area contributed by atoms with Crippen molar-refractivity contribution in [1.82, 2.24) is 4.57 Å². The monoisotopic (exact) mass is 435 g/mol. The minimum atomic E-state index is 0.138. The van der Waals surface area contributed by atoms with Crippen molar-refractivity contribution in [1.29, 1.82) is 0 Å². The summed E-state index contributed by atoms with van der Waals surface area (Å²) in [5.74, 6) is 0.138. The predicted octanol–water partition coefficient (Wildman–Crippen LogP) is 7.76. The maximum absolute atomic E-state index is 11.2. The number of rotatable bonds is 3. The van der Waals surface area contributed by atoms with E-state index in [0.29, 0.717) is 5.56 Å². The van der Waals surface area contributed by atoms with Crippen LogP contribution in [0.25, 0.3) is 38.6 Å². The highest BCUT2D eigenvalue weighted by molar-refractivity contribution is 6.15. The average Bonchev–Trinajstić information content (AvgIpc) is 3.42. The Balaban J connectivity index is 1.62. The van der Waals surface area contributed by atoms with Crippen LogP contribution in [0.5, 0.6) is 0 Å². The third-order valence-corrected chi connectivity index (χ3v) is 7.14. The molecule has 0 saturated carbocycles. The van der Waals surface area contributed by atoms with E-state index in [1.807, 2.05) is 12.1 Å². The lowest BCUT2D eigenvalue weighted by Crippen LogP contribution is -2.00. The van der Waals surface area contributed by atoms with E-state index in [1.54, 1.807) is 0 Å². The Morgan fingerprint density at radius 2 is 1.35 bits per heavy atom. The molecule has 2 nitrogen and oxygen atoms in total. The smallest absolute Gasteiger partial charge is 0.150 e. The summed E-state index contributed by atoms with van der Waals surface area (Å²) in [5, 5.41) is 2.53. The van der Waals surface area contributed by atoms with Crippen LogP contribution in [0.1, 0.15) is 33.0 Å². The summed E-state index contributed by atoms with van der Waals surface area (Å²) >= 11 is 0. The lowest BCUT2D eigenvalue weighted by Gasteiger charge is -2.15. The average molecular weight is 436 g/mol. The van der Waals surface area contributed by atoms with Gasteiger partial charge in [-0.1, -0.05) is 97.1 Å². The Bertz CT molecular complexity index is 1710. The summed E-state index contributed by atoms with van der Waals surface area (Å²) in [6.45, 7) is 0. The van der Waals surface area contributed by atoms with E-state index >= 15 is 0 Å². The van der Waals surface area contributed by atoms with Crippen molar-refractivity contribution < 1.29 is 4.79 Å². The first-order valence-corrected chi connectivity index (χ1v) is 11.6. The summed E-state index contributed by atoms with van der Waals surface area (Å²) in [6.07, 6.45) is 0.905. The first kappa shape index (κ1) is 19.1. The van der Waals surface area contributed by atoms with Crippen molar-refractivity contribution in [2.24, 2.45) is 0 Å². The SMILES string of the molecule is O=Cc1ccc([C@@H]2c3ccccc3-c3c2ccc2c4ccccc4n(-c4ccccc4)c32)cc1. The molecule has 1 heterocycles. The molecule has 0 aliphatic heterocycles. The highest BCUT2D eigenvalue weighted by Crippen LogP contribution is 2.52. The van der Waals surface area contributed by atoms with Gasteiger partial charge < -0.3 is 4.57 Å². The van der Waals surface area contributed by atoms with E-state index in [2.05, 4.69) is 108 Å². The van der Waals surface area contributed by atoms with E-state index in [4.69, 9.17) is 0 Å². The quantitative estimate of drug-likeness (QED) is 0.260. The van der Waals surface area contributed by atoms with Gasteiger partial charge in [-0.15, -0.1) is 0 Å². The molecule has 0 spiro atoms. The summed E-state index contributed by atoms with van der Waals surface area (Å²) in [7, 11) is 0. The number of hydrogen-bond acceptors (Lipinski definition) is 1. The summed E-state index contributed by atoms with van der Waals surface area (Å²) in [5.41, 5.74) is 10.8. The molecular weight excluding hydrogens is 414 g/mol. The Labute approximate surface area is 197 Å². The van der Waals surface area contributed by atoms with Crippen LogP contribution in [0.15, 0.2) is 115 Å². The van der Waals surface area contributed by atoms with Crippen LogP contribution in [0, 0.1) is 0 Å². The number of hydrogen-bond donors (Lipinski definition) is 0. The molecule has 0 N–H and O–H groups in total. The van der Waals surface area contributed by atoms with Crippen molar-refractivity contribution >= 4 is 28.1 Å². The van der Waals surface area contributed by atoms with Crippen molar-refractivity contribution in [2.75, 3.05) is 0 Å². The number of carbonyl (C=O) groups excluding carboxylic acids is 1. The highest BCUT2D eigenvalue weighted by Gasteiger charge is 2.33. The molecule has 0 fully saturated rings. The minimum Gasteiger partial charge on any atom is -0.309 e. The number of nitrogens with zero attached hydrogens (tertiary/aromatic N) is 1. The zero-order chi connectivity index (χ0) is 22.6. The fourth-order valence-corrected chi connectivity index (χ4v) is 5.71. The maximum atomic E-state index is 11.2. The van der Waals surface area contributed by atoms with Crippen LogP contribution in [0.2, 0.25) is 0 Å². The molecular formula is C32H21NO. The standard InChI is InChI=1S/C32H21NO/c34-20-21-14-16-22(17-15-21)30-25-11-4-5-12-26(25)31-28(30)19-18-27-24-10-6-7-13-29(24)33(32(27)31)23-8-2-1-3-9-23/h1-20,30H/t30-/m1/s1. The second-order valence-corrected chi connectivity index (χ2v) is 8.92. The number of benzene rings is 5. The molecule has 5 aromatic carbocycles. The zero-order valence-electron chi connectivity index (χ0n) is 18.5. The van der Waals surface area contributed by atoms with Crippen LogP contribution < -0.4 is 0 Å². The fraction of sp³-hybridized carbons (Fsp3) is 0.0312. The Kier molecular flexibility index (Phi) is 4.09. The molecule has 0 radical (unpaired) electrons. The van der Waals surface area contributed by atoms with Gasteiger partial charge in [0.05, 0.1) is 11.0 Å². The van der Waals surface area contributed by atoms with Crippen LogP contribution in [-0.4, -0.2) is 10.9 Å². The fourth-order valence-electron chi connectivity index (χ4n) is 5.71. The number of para-hydroxylation sites is 2. The van der Waals surface area contributed by atoms with Gasteiger partial charge in [0.25, 0.3) is 0 Å². The molecule has 1 aliphatic rings. The van der Waals surface area contributed by atoms with Gasteiger partial charge in [0.2, 0.25) is 0 Å². The first-order valence-electron chi connectivity index (χ1n) is 11.6. The van der Waals surface area contributed by atoms with Gasteiger partial charge in [-0.3, -0.25) is 4.79 Å². The molecule has 6 aromatic rings. The third-order valence-electron chi connectivity index (χ3n) is 7.14. The van der Waals surface area contributed by atoms with Gasteiger partial charge in [0.15, 0.2) is 0 Å². The Morgan fingerprint density at radius 3 is 2.18 bits per heavy atom. The van der Waals surface area contributed by atoms with Crippen molar-refractivity contribution in [3.05, 3.63) is 138 Å². The molecule has 34 heavy (non-hydrogen) atoms. The number of aldehydes is 1. The molecule has 0 amide bonds. The second kappa shape index (κ2) is 7.29. The molecule has 160 valence electrons. The molecule has 7 rings (SSSR count). The van der Waals surface area contributed by atoms with E-state index in [-0.39, 0.29) is 5.92 Å². The minimum absolute atomic E-state index is 0.138. The van der Waals surface area contributed by atoms with Crippen molar-refractivity contribution in [3.63, 3.8) is 0 Å². The zero-order valence-corrected chi connectivity index (χ0v) is 18.5. The van der Waals surface area contributed by atoms with Gasteiger partial charge in [-0.25, -0.2) is 0 Å². The van der Waals surface area contributed by atoms with Gasteiger partial charge in [0, 0.05) is 33.5 Å². The summed E-state index contributed by atoms with van der Waals surface area (Å²) < 4.78 is 2.41. The van der Waals surface area contributed by atoms with Gasteiger partial charge >= 0.3 is 0 Å². The van der Waals surface area contributed by atoms with E-state index in [1.165, 1.54) is 55.3 Å². The molecule has 0 bridgehead atoms. The van der Waals surface area contributed by atoms with Crippen LogP contribution >= 0.6 is 0 Å². The van der Waals surface area contributed by atoms with Gasteiger partial charge in [-0.05, 0) is 40.5 Å².